The summed E-state index contributed by atoms with van der Waals surface area (Å²) in [5.41, 5.74) is 1.97. The van der Waals surface area contributed by atoms with E-state index >= 15 is 0 Å². The van der Waals surface area contributed by atoms with Crippen LogP contribution in [0.1, 0.15) is 42.7 Å². The van der Waals surface area contributed by atoms with Crippen LogP contribution >= 0.6 is 0 Å². The summed E-state index contributed by atoms with van der Waals surface area (Å²) in [6.45, 7) is 8.93. The van der Waals surface area contributed by atoms with Crippen LogP contribution < -0.4 is 0 Å². The molecule has 0 radical (unpaired) electrons. The fourth-order valence-corrected chi connectivity index (χ4v) is 4.14. The average Bonchev–Trinajstić information content (AvgIpc) is 3.37. The van der Waals surface area contributed by atoms with Crippen molar-refractivity contribution in [1.29, 1.82) is 0 Å². The lowest BCUT2D eigenvalue weighted by atomic mass is 9.90. The summed E-state index contributed by atoms with van der Waals surface area (Å²) in [5, 5.41) is 4.06. The van der Waals surface area contributed by atoms with Crippen LogP contribution in [-0.4, -0.2) is 59.3 Å². The zero-order chi connectivity index (χ0) is 16.7. The van der Waals surface area contributed by atoms with E-state index in [4.69, 9.17) is 9.26 Å². The molecular weight excluding hydrogens is 306 g/mol. The highest BCUT2D eigenvalue weighted by atomic mass is 16.5. The van der Waals surface area contributed by atoms with Gasteiger partial charge < -0.3 is 14.2 Å². The molecule has 0 aromatic carbocycles. The van der Waals surface area contributed by atoms with Crippen LogP contribution in [0.25, 0.3) is 0 Å². The van der Waals surface area contributed by atoms with Gasteiger partial charge in [0.15, 0.2) is 0 Å². The van der Waals surface area contributed by atoms with Gasteiger partial charge in [-0.25, -0.2) is 0 Å². The molecule has 0 N–H and O–H groups in total. The Morgan fingerprint density at radius 2 is 2.12 bits per heavy atom. The largest absolute Gasteiger partial charge is 0.370 e. The van der Waals surface area contributed by atoms with E-state index in [0.29, 0.717) is 18.4 Å². The Bertz CT molecular complexity index is 602. The molecule has 0 unspecified atom stereocenters. The second kappa shape index (κ2) is 6.15. The molecule has 1 aliphatic carbocycles. The number of carbonyl (C=O) groups is 1. The highest BCUT2D eigenvalue weighted by molar-refractivity contribution is 5.81. The minimum atomic E-state index is -0.194. The summed E-state index contributed by atoms with van der Waals surface area (Å²) < 4.78 is 11.5. The van der Waals surface area contributed by atoms with Gasteiger partial charge in [0.1, 0.15) is 5.76 Å². The van der Waals surface area contributed by atoms with Gasteiger partial charge in [0.25, 0.3) is 0 Å². The van der Waals surface area contributed by atoms with Crippen LogP contribution in [0.3, 0.4) is 0 Å². The Hall–Kier alpha value is -1.40. The molecule has 1 aromatic heterocycles. The van der Waals surface area contributed by atoms with E-state index in [1.807, 2.05) is 13.8 Å². The van der Waals surface area contributed by atoms with E-state index in [0.717, 1.165) is 69.9 Å². The van der Waals surface area contributed by atoms with Crippen molar-refractivity contribution in [1.82, 2.24) is 15.0 Å². The third-order valence-corrected chi connectivity index (χ3v) is 5.67. The van der Waals surface area contributed by atoms with E-state index < -0.39 is 0 Å². The average molecular weight is 333 g/mol. The van der Waals surface area contributed by atoms with Gasteiger partial charge in [-0.15, -0.1) is 0 Å². The van der Waals surface area contributed by atoms with Gasteiger partial charge in [-0.3, -0.25) is 9.69 Å². The van der Waals surface area contributed by atoms with E-state index in [2.05, 4.69) is 15.0 Å². The lowest BCUT2D eigenvalue weighted by molar-refractivity contribution is -0.162. The van der Waals surface area contributed by atoms with Crippen molar-refractivity contribution >= 4 is 5.91 Å². The van der Waals surface area contributed by atoms with Crippen molar-refractivity contribution in [2.45, 2.75) is 51.7 Å². The molecule has 1 amide bonds. The molecule has 2 aliphatic heterocycles. The summed E-state index contributed by atoms with van der Waals surface area (Å²) in [6.07, 6.45) is 4.29. The van der Waals surface area contributed by atoms with Crippen LogP contribution in [0.5, 0.6) is 0 Å². The lowest BCUT2D eigenvalue weighted by Crippen LogP contribution is -2.60. The van der Waals surface area contributed by atoms with Crippen molar-refractivity contribution in [3.05, 3.63) is 17.0 Å². The van der Waals surface area contributed by atoms with Gasteiger partial charge in [0.05, 0.1) is 24.4 Å². The summed E-state index contributed by atoms with van der Waals surface area (Å²) in [4.78, 5) is 16.9. The first-order valence-electron chi connectivity index (χ1n) is 9.13. The van der Waals surface area contributed by atoms with Crippen LogP contribution in [0.2, 0.25) is 0 Å². The molecule has 3 fully saturated rings. The zero-order valence-corrected chi connectivity index (χ0v) is 14.7. The van der Waals surface area contributed by atoms with Gasteiger partial charge >= 0.3 is 0 Å². The molecule has 1 atom stereocenters. The fraction of sp³-hybridized carbons (Fsp3) is 0.778. The van der Waals surface area contributed by atoms with Crippen molar-refractivity contribution in [2.75, 3.05) is 32.8 Å². The number of piperidine rings is 1. The Labute approximate surface area is 143 Å². The molecule has 2 saturated heterocycles. The number of morpholine rings is 1. The highest BCUT2D eigenvalue weighted by Crippen LogP contribution is 2.35. The molecule has 24 heavy (non-hydrogen) atoms. The summed E-state index contributed by atoms with van der Waals surface area (Å²) in [7, 11) is 0. The predicted molar refractivity (Wildman–Crippen MR) is 88.5 cm³/mol. The third-order valence-electron chi connectivity index (χ3n) is 5.67. The van der Waals surface area contributed by atoms with Gasteiger partial charge in [-0.1, -0.05) is 5.16 Å². The third kappa shape index (κ3) is 3.09. The molecule has 1 spiro atoms. The quantitative estimate of drug-likeness (QED) is 0.845. The van der Waals surface area contributed by atoms with Crippen LogP contribution in [0.15, 0.2) is 4.52 Å². The van der Waals surface area contributed by atoms with Crippen molar-refractivity contribution in [3.63, 3.8) is 0 Å². The Balaban J connectivity index is 1.44. The van der Waals surface area contributed by atoms with E-state index in [1.54, 1.807) is 0 Å². The monoisotopic (exact) mass is 333 g/mol. The van der Waals surface area contributed by atoms with Crippen molar-refractivity contribution < 1.29 is 14.1 Å². The number of carbonyl (C=O) groups excluding carboxylic acids is 1. The molecular formula is C18H27N3O3. The van der Waals surface area contributed by atoms with Gasteiger partial charge in [0.2, 0.25) is 5.91 Å². The lowest BCUT2D eigenvalue weighted by Gasteiger charge is -2.48. The number of amides is 1. The number of aromatic nitrogens is 1. The van der Waals surface area contributed by atoms with E-state index in [1.165, 1.54) is 5.56 Å². The Kier molecular flexibility index (Phi) is 4.12. The minimum Gasteiger partial charge on any atom is -0.370 e. The Morgan fingerprint density at radius 3 is 2.83 bits per heavy atom. The number of likely N-dealkylation sites (tertiary alicyclic amines) is 1. The number of hydrogen-bond donors (Lipinski definition) is 0. The second-order valence-electron chi connectivity index (χ2n) is 7.68. The second-order valence-corrected chi connectivity index (χ2v) is 7.68. The van der Waals surface area contributed by atoms with E-state index in [-0.39, 0.29) is 5.60 Å². The van der Waals surface area contributed by atoms with Crippen molar-refractivity contribution in [3.8, 4) is 0 Å². The van der Waals surface area contributed by atoms with E-state index in [9.17, 15) is 4.79 Å². The highest BCUT2D eigenvalue weighted by Gasteiger charge is 2.44. The predicted octanol–water partition coefficient (Wildman–Crippen LogP) is 1.89. The summed E-state index contributed by atoms with van der Waals surface area (Å²) >= 11 is 0. The molecule has 0 bridgehead atoms. The molecule has 1 saturated carbocycles. The first kappa shape index (κ1) is 16.1. The number of aryl methyl sites for hydroxylation is 2. The van der Waals surface area contributed by atoms with Gasteiger partial charge in [0, 0.05) is 31.1 Å². The summed E-state index contributed by atoms with van der Waals surface area (Å²) in [5.74, 6) is 1.55. The van der Waals surface area contributed by atoms with Gasteiger partial charge in [-0.05, 0) is 46.1 Å². The van der Waals surface area contributed by atoms with Crippen LogP contribution in [0.4, 0.5) is 0 Å². The standard InChI is InChI=1S/C18H27N3O3/c1-13-16(14(2)24-19-13)10-20-7-3-6-18(11-20)12-21(8-9-23-18)17(22)15-4-5-15/h15H,3-12H2,1-2H3/t18-/m1/s1. The van der Waals surface area contributed by atoms with Crippen LogP contribution in [0, 0.1) is 19.8 Å². The minimum absolute atomic E-state index is 0.194. The maximum absolute atomic E-state index is 12.4. The molecule has 4 rings (SSSR count). The SMILES string of the molecule is Cc1noc(C)c1CN1CCC[C@@]2(C1)CN(C(=O)C1CC1)CCO2. The Morgan fingerprint density at radius 1 is 1.29 bits per heavy atom. The first-order valence-corrected chi connectivity index (χ1v) is 9.13. The smallest absolute Gasteiger partial charge is 0.225 e. The molecule has 6 heteroatoms. The summed E-state index contributed by atoms with van der Waals surface area (Å²) in [6, 6.07) is 0. The zero-order valence-electron chi connectivity index (χ0n) is 14.7. The van der Waals surface area contributed by atoms with Crippen LogP contribution in [-0.2, 0) is 16.1 Å². The fourth-order valence-electron chi connectivity index (χ4n) is 4.14. The maximum atomic E-state index is 12.4. The number of ether oxygens (including phenoxy) is 1. The topological polar surface area (TPSA) is 58.8 Å². The first-order chi connectivity index (χ1) is 11.6. The number of rotatable bonds is 3. The number of nitrogens with zero attached hydrogens (tertiary/aromatic N) is 3. The van der Waals surface area contributed by atoms with Gasteiger partial charge in [-0.2, -0.15) is 0 Å². The number of hydrogen-bond acceptors (Lipinski definition) is 5. The normalized spacial score (nSPS) is 28.5. The molecule has 1 aromatic rings. The molecule has 6 nitrogen and oxygen atoms in total. The molecule has 3 aliphatic rings. The molecule has 132 valence electrons. The maximum Gasteiger partial charge on any atom is 0.225 e. The molecule has 3 heterocycles. The van der Waals surface area contributed by atoms with Crippen molar-refractivity contribution in [2.24, 2.45) is 5.92 Å².